The second kappa shape index (κ2) is 6.52. The molecule has 1 spiro atoms. The first-order chi connectivity index (χ1) is 11.4. The van der Waals surface area contributed by atoms with Crippen LogP contribution in [0.15, 0.2) is 6.07 Å². The number of rotatable bonds is 3. The molecule has 0 bridgehead atoms. The van der Waals surface area contributed by atoms with E-state index in [2.05, 4.69) is 5.32 Å². The van der Waals surface area contributed by atoms with Gasteiger partial charge in [-0.2, -0.15) is 0 Å². The molecule has 0 radical (unpaired) electrons. The van der Waals surface area contributed by atoms with Crippen molar-refractivity contribution in [1.82, 2.24) is 10.2 Å². The van der Waals surface area contributed by atoms with Gasteiger partial charge in [0.1, 0.15) is 4.88 Å². The first-order valence-corrected chi connectivity index (χ1v) is 8.75. The topological polar surface area (TPSA) is 95.9 Å². The number of hydrogen-bond acceptors (Lipinski definition) is 5. The lowest BCUT2D eigenvalue weighted by atomic mass is 9.82. The number of aromatic carboxylic acids is 1. The predicted octanol–water partition coefficient (Wildman–Crippen LogP) is 0.973. The quantitative estimate of drug-likeness (QED) is 0.845. The zero-order valence-corrected chi connectivity index (χ0v) is 14.3. The Morgan fingerprint density at radius 2 is 2.08 bits per heavy atom. The average molecular weight is 352 g/mol. The molecule has 3 heterocycles. The maximum Gasteiger partial charge on any atom is 0.345 e. The van der Waals surface area contributed by atoms with Crippen molar-refractivity contribution in [3.8, 4) is 0 Å². The lowest BCUT2D eigenvalue weighted by Crippen LogP contribution is -2.50. The Bertz CT molecular complexity index is 676. The molecule has 0 aromatic carbocycles. The van der Waals surface area contributed by atoms with Gasteiger partial charge in [0.25, 0.3) is 0 Å². The number of nitrogens with one attached hydrogen (secondary N) is 1. The maximum atomic E-state index is 12.1. The van der Waals surface area contributed by atoms with Crippen LogP contribution in [0.5, 0.6) is 0 Å². The van der Waals surface area contributed by atoms with Crippen LogP contribution >= 0.6 is 11.3 Å². The van der Waals surface area contributed by atoms with Crippen LogP contribution in [0.1, 0.15) is 39.9 Å². The number of thiophene rings is 1. The van der Waals surface area contributed by atoms with Gasteiger partial charge in [-0.05, 0) is 24.5 Å². The SMILES string of the molecule is CC(=O)NCC(=O)N1CCC2(CC1)OCCc1sc(C(=O)O)cc12. The van der Waals surface area contributed by atoms with Crippen LogP contribution in [0.4, 0.5) is 0 Å². The van der Waals surface area contributed by atoms with Crippen LogP contribution in [0, 0.1) is 0 Å². The fraction of sp³-hybridized carbons (Fsp3) is 0.562. The van der Waals surface area contributed by atoms with E-state index >= 15 is 0 Å². The third-order valence-electron chi connectivity index (χ3n) is 4.63. The molecule has 130 valence electrons. The minimum atomic E-state index is -0.910. The monoisotopic (exact) mass is 352 g/mol. The van der Waals surface area contributed by atoms with Gasteiger partial charge >= 0.3 is 5.97 Å². The zero-order valence-electron chi connectivity index (χ0n) is 13.5. The van der Waals surface area contributed by atoms with Gasteiger partial charge in [-0.3, -0.25) is 9.59 Å². The molecule has 1 saturated heterocycles. The molecule has 2 N–H and O–H groups in total. The number of carboxylic acid groups (broad SMARTS) is 1. The van der Waals surface area contributed by atoms with Gasteiger partial charge in [-0.1, -0.05) is 0 Å². The fourth-order valence-corrected chi connectivity index (χ4v) is 4.44. The number of hydrogen-bond donors (Lipinski definition) is 2. The summed E-state index contributed by atoms with van der Waals surface area (Å²) in [5.41, 5.74) is 0.493. The molecule has 0 unspecified atom stereocenters. The number of amides is 2. The first kappa shape index (κ1) is 16.9. The van der Waals surface area contributed by atoms with Crippen LogP contribution in [0.2, 0.25) is 0 Å². The smallest absolute Gasteiger partial charge is 0.345 e. The second-order valence-corrected chi connectivity index (χ2v) is 7.27. The minimum absolute atomic E-state index is 0.00997. The molecule has 8 heteroatoms. The van der Waals surface area contributed by atoms with Crippen LogP contribution in [-0.4, -0.2) is 54.0 Å². The highest BCUT2D eigenvalue weighted by Gasteiger charge is 2.43. The summed E-state index contributed by atoms with van der Waals surface area (Å²) in [4.78, 5) is 37.4. The van der Waals surface area contributed by atoms with E-state index in [0.717, 1.165) is 16.9 Å². The second-order valence-electron chi connectivity index (χ2n) is 6.14. The van der Waals surface area contributed by atoms with Crippen molar-refractivity contribution in [2.24, 2.45) is 0 Å². The Balaban J connectivity index is 1.71. The Labute approximate surface area is 143 Å². The largest absolute Gasteiger partial charge is 0.477 e. The van der Waals surface area contributed by atoms with E-state index in [4.69, 9.17) is 4.74 Å². The summed E-state index contributed by atoms with van der Waals surface area (Å²) in [7, 11) is 0. The fourth-order valence-electron chi connectivity index (χ4n) is 3.37. The lowest BCUT2D eigenvalue weighted by Gasteiger charge is -2.44. The predicted molar refractivity (Wildman–Crippen MR) is 87.1 cm³/mol. The molecule has 3 rings (SSSR count). The molecule has 7 nitrogen and oxygen atoms in total. The molecule has 24 heavy (non-hydrogen) atoms. The third kappa shape index (κ3) is 3.16. The Morgan fingerprint density at radius 1 is 1.38 bits per heavy atom. The number of carbonyl (C=O) groups excluding carboxylic acids is 2. The molecule has 2 amide bonds. The number of carbonyl (C=O) groups is 3. The molecular formula is C16H20N2O5S. The summed E-state index contributed by atoms with van der Waals surface area (Å²) in [5, 5.41) is 11.7. The van der Waals surface area contributed by atoms with Crippen LogP contribution < -0.4 is 5.32 Å². The number of nitrogens with zero attached hydrogens (tertiary/aromatic N) is 1. The Morgan fingerprint density at radius 3 is 2.71 bits per heavy atom. The number of fused-ring (bicyclic) bond motifs is 2. The third-order valence-corrected chi connectivity index (χ3v) is 5.81. The highest BCUT2D eigenvalue weighted by Crippen LogP contribution is 2.44. The first-order valence-electron chi connectivity index (χ1n) is 7.94. The number of carboxylic acids is 1. The highest BCUT2D eigenvalue weighted by atomic mass is 32.1. The van der Waals surface area contributed by atoms with Gasteiger partial charge in [-0.15, -0.1) is 11.3 Å². The van der Waals surface area contributed by atoms with Crippen LogP contribution in [-0.2, 0) is 26.3 Å². The molecule has 2 aliphatic rings. The minimum Gasteiger partial charge on any atom is -0.477 e. The summed E-state index contributed by atoms with van der Waals surface area (Å²) < 4.78 is 6.06. The van der Waals surface area contributed by atoms with Crippen LogP contribution in [0.3, 0.4) is 0 Å². The van der Waals surface area contributed by atoms with Crippen molar-refractivity contribution >= 4 is 29.1 Å². The maximum absolute atomic E-state index is 12.1. The van der Waals surface area contributed by atoms with E-state index in [1.54, 1.807) is 11.0 Å². The van der Waals surface area contributed by atoms with E-state index < -0.39 is 11.6 Å². The molecule has 1 aromatic heterocycles. The lowest BCUT2D eigenvalue weighted by molar-refractivity contribution is -0.140. The molecule has 0 saturated carbocycles. The van der Waals surface area contributed by atoms with Crippen molar-refractivity contribution in [3.63, 3.8) is 0 Å². The van der Waals surface area contributed by atoms with Gasteiger partial charge in [0, 0.05) is 31.3 Å². The average Bonchev–Trinajstić information content (AvgIpc) is 2.99. The normalized spacial score (nSPS) is 19.0. The number of likely N-dealkylation sites (tertiary alicyclic amines) is 1. The van der Waals surface area contributed by atoms with E-state index in [1.807, 2.05) is 0 Å². The van der Waals surface area contributed by atoms with Gasteiger partial charge in [0.2, 0.25) is 11.8 Å². The van der Waals surface area contributed by atoms with Crippen molar-refractivity contribution in [2.45, 2.75) is 31.8 Å². The Kier molecular flexibility index (Phi) is 4.60. The Hall–Kier alpha value is -1.93. The van der Waals surface area contributed by atoms with E-state index in [9.17, 15) is 19.5 Å². The van der Waals surface area contributed by atoms with Crippen LogP contribution in [0.25, 0.3) is 0 Å². The van der Waals surface area contributed by atoms with Crippen molar-refractivity contribution in [1.29, 1.82) is 0 Å². The summed E-state index contributed by atoms with van der Waals surface area (Å²) >= 11 is 1.32. The molecule has 0 atom stereocenters. The van der Waals surface area contributed by atoms with Gasteiger partial charge in [-0.25, -0.2) is 4.79 Å². The van der Waals surface area contributed by atoms with Crippen molar-refractivity contribution in [2.75, 3.05) is 26.2 Å². The van der Waals surface area contributed by atoms with Crippen molar-refractivity contribution < 1.29 is 24.2 Å². The molecule has 2 aliphatic heterocycles. The summed E-state index contributed by atoms with van der Waals surface area (Å²) in [5.74, 6) is -1.24. The van der Waals surface area contributed by atoms with Gasteiger partial charge in [0.15, 0.2) is 0 Å². The van der Waals surface area contributed by atoms with Gasteiger partial charge in [0.05, 0.1) is 18.8 Å². The van der Waals surface area contributed by atoms with E-state index in [0.29, 0.717) is 37.4 Å². The molecule has 0 aliphatic carbocycles. The summed E-state index contributed by atoms with van der Waals surface area (Å²) in [6, 6.07) is 1.73. The van der Waals surface area contributed by atoms with Gasteiger partial charge < -0.3 is 20.1 Å². The number of piperidine rings is 1. The van der Waals surface area contributed by atoms with E-state index in [-0.39, 0.29) is 18.4 Å². The molecule has 1 aromatic rings. The molecular weight excluding hydrogens is 332 g/mol. The summed E-state index contributed by atoms with van der Waals surface area (Å²) in [6.45, 7) is 3.04. The highest BCUT2D eigenvalue weighted by molar-refractivity contribution is 7.14. The zero-order chi connectivity index (χ0) is 17.3. The summed E-state index contributed by atoms with van der Waals surface area (Å²) in [6.07, 6.45) is 2.02. The standard InChI is InChI=1S/C16H20N2O5S/c1-10(19)17-9-14(20)18-5-3-16(4-6-18)11-8-13(15(21)22)24-12(11)2-7-23-16/h8H,2-7,9H2,1H3,(H,17,19)(H,21,22). The van der Waals surface area contributed by atoms with Crippen molar-refractivity contribution in [3.05, 3.63) is 21.4 Å². The number of ether oxygens (including phenoxy) is 1. The molecule has 1 fully saturated rings. The van der Waals surface area contributed by atoms with E-state index in [1.165, 1.54) is 18.3 Å².